The van der Waals surface area contributed by atoms with E-state index in [-0.39, 0.29) is 0 Å². The van der Waals surface area contributed by atoms with Crippen molar-refractivity contribution in [1.29, 1.82) is 0 Å². The Labute approximate surface area is 159 Å². The van der Waals surface area contributed by atoms with Gasteiger partial charge in [0.25, 0.3) is 5.91 Å². The molecule has 136 valence electrons. The predicted molar refractivity (Wildman–Crippen MR) is 103 cm³/mol. The van der Waals surface area contributed by atoms with Crippen LogP contribution in [0.15, 0.2) is 77.2 Å². The first-order valence-corrected chi connectivity index (χ1v) is 8.93. The Hall–Kier alpha value is -3.29. The second kappa shape index (κ2) is 8.88. The molecule has 0 aliphatic rings. The van der Waals surface area contributed by atoms with Crippen LogP contribution in [0, 0.1) is 0 Å². The van der Waals surface area contributed by atoms with E-state index in [4.69, 9.17) is 4.74 Å². The monoisotopic (exact) mass is 380 g/mol. The molecule has 1 atom stereocenters. The van der Waals surface area contributed by atoms with Crippen LogP contribution in [0.1, 0.15) is 26.9 Å². The van der Waals surface area contributed by atoms with Gasteiger partial charge in [-0.05, 0) is 46.8 Å². The zero-order chi connectivity index (χ0) is 19.1. The van der Waals surface area contributed by atoms with E-state index in [0.717, 1.165) is 0 Å². The summed E-state index contributed by atoms with van der Waals surface area (Å²) in [5.41, 5.74) is 3.47. The van der Waals surface area contributed by atoms with Gasteiger partial charge in [-0.1, -0.05) is 36.4 Å². The number of benzene rings is 2. The number of hydrazone groups is 1. The quantitative estimate of drug-likeness (QED) is 0.298. The second-order valence-electron chi connectivity index (χ2n) is 5.48. The van der Waals surface area contributed by atoms with Crippen molar-refractivity contribution in [3.63, 3.8) is 0 Å². The van der Waals surface area contributed by atoms with E-state index < -0.39 is 18.0 Å². The third kappa shape index (κ3) is 5.10. The highest BCUT2D eigenvalue weighted by atomic mass is 32.1. The van der Waals surface area contributed by atoms with E-state index in [9.17, 15) is 14.7 Å². The van der Waals surface area contributed by atoms with Crippen LogP contribution in [-0.2, 0) is 4.79 Å². The van der Waals surface area contributed by atoms with Gasteiger partial charge < -0.3 is 9.84 Å². The molecular weight excluding hydrogens is 364 g/mol. The van der Waals surface area contributed by atoms with Gasteiger partial charge in [-0.25, -0.2) is 10.2 Å². The number of ether oxygens (including phenoxy) is 1. The summed E-state index contributed by atoms with van der Waals surface area (Å²) >= 11 is 1.31. The number of aliphatic hydroxyl groups excluding tert-OH is 1. The molecule has 0 saturated carbocycles. The first-order valence-electron chi connectivity index (χ1n) is 8.05. The minimum Gasteiger partial charge on any atom is -0.422 e. The van der Waals surface area contributed by atoms with E-state index in [1.165, 1.54) is 17.6 Å². The van der Waals surface area contributed by atoms with Crippen LogP contribution in [-0.4, -0.2) is 23.2 Å². The standard InChI is InChI=1S/C20H16N2O4S/c23-18(15-5-2-1-3-6-15)19(24)22-21-13-14-8-10-16(11-9-14)26-20(25)17-7-4-12-27-17/h1-13,18,23H,(H,22,24). The summed E-state index contributed by atoms with van der Waals surface area (Å²) in [6.07, 6.45) is 0.142. The molecule has 0 spiro atoms. The maximum absolute atomic E-state index is 11.9. The Morgan fingerprint density at radius 2 is 1.78 bits per heavy atom. The Morgan fingerprint density at radius 1 is 1.04 bits per heavy atom. The number of rotatable bonds is 6. The normalized spacial score (nSPS) is 11.9. The molecule has 0 aliphatic carbocycles. The summed E-state index contributed by atoms with van der Waals surface area (Å²) in [5, 5.41) is 15.6. The predicted octanol–water partition coefficient (Wildman–Crippen LogP) is 3.15. The molecule has 0 fully saturated rings. The van der Waals surface area contributed by atoms with Crippen molar-refractivity contribution in [3.05, 3.63) is 88.1 Å². The average molecular weight is 380 g/mol. The van der Waals surface area contributed by atoms with Gasteiger partial charge in [0, 0.05) is 0 Å². The van der Waals surface area contributed by atoms with Crippen LogP contribution in [0.3, 0.4) is 0 Å². The fourth-order valence-corrected chi connectivity index (χ4v) is 2.79. The smallest absolute Gasteiger partial charge is 0.353 e. The molecule has 7 heteroatoms. The Bertz CT molecular complexity index is 922. The number of hydrogen-bond donors (Lipinski definition) is 2. The van der Waals surface area contributed by atoms with E-state index in [2.05, 4.69) is 10.5 Å². The number of aliphatic hydroxyl groups is 1. The maximum atomic E-state index is 11.9. The maximum Gasteiger partial charge on any atom is 0.353 e. The number of nitrogens with zero attached hydrogens (tertiary/aromatic N) is 1. The molecule has 0 bridgehead atoms. The minimum absolute atomic E-state index is 0.409. The molecule has 3 aromatic rings. The molecule has 0 aliphatic heterocycles. The van der Waals surface area contributed by atoms with Crippen LogP contribution < -0.4 is 10.2 Å². The third-order valence-corrected chi connectivity index (χ3v) is 4.41. The molecule has 0 saturated heterocycles. The number of carbonyl (C=O) groups is 2. The lowest BCUT2D eigenvalue weighted by Gasteiger charge is -2.08. The lowest BCUT2D eigenvalue weighted by Crippen LogP contribution is -2.25. The number of amides is 1. The fourth-order valence-electron chi connectivity index (χ4n) is 2.19. The number of thiophene rings is 1. The lowest BCUT2D eigenvalue weighted by molar-refractivity contribution is -0.129. The van der Waals surface area contributed by atoms with Crippen LogP contribution in [0.4, 0.5) is 0 Å². The Balaban J connectivity index is 1.53. The molecule has 1 unspecified atom stereocenters. The number of esters is 1. The molecule has 0 radical (unpaired) electrons. The van der Waals surface area contributed by atoms with Gasteiger partial charge in [0.15, 0.2) is 6.10 Å². The topological polar surface area (TPSA) is 88.0 Å². The van der Waals surface area contributed by atoms with E-state index in [0.29, 0.717) is 21.8 Å². The SMILES string of the molecule is O=C(Oc1ccc(C=NNC(=O)C(O)c2ccccc2)cc1)c1cccs1. The van der Waals surface area contributed by atoms with Gasteiger partial charge in [0.05, 0.1) is 6.21 Å². The Kier molecular flexibility index (Phi) is 6.09. The van der Waals surface area contributed by atoms with Crippen molar-refractivity contribution < 1.29 is 19.4 Å². The van der Waals surface area contributed by atoms with Crippen molar-refractivity contribution in [3.8, 4) is 5.75 Å². The van der Waals surface area contributed by atoms with Gasteiger partial charge in [-0.2, -0.15) is 5.10 Å². The van der Waals surface area contributed by atoms with Crippen LogP contribution in [0.25, 0.3) is 0 Å². The van der Waals surface area contributed by atoms with Gasteiger partial charge in [0.2, 0.25) is 0 Å². The zero-order valence-corrected chi connectivity index (χ0v) is 14.9. The third-order valence-electron chi connectivity index (χ3n) is 3.57. The number of hydrogen-bond acceptors (Lipinski definition) is 6. The average Bonchev–Trinajstić information content (AvgIpc) is 3.24. The van der Waals surface area contributed by atoms with Crippen molar-refractivity contribution in [1.82, 2.24) is 5.43 Å². The highest BCUT2D eigenvalue weighted by Crippen LogP contribution is 2.16. The van der Waals surface area contributed by atoms with Gasteiger partial charge in [-0.15, -0.1) is 11.3 Å². The van der Waals surface area contributed by atoms with E-state index >= 15 is 0 Å². The number of nitrogens with one attached hydrogen (secondary N) is 1. The van der Waals surface area contributed by atoms with Crippen molar-refractivity contribution in [2.45, 2.75) is 6.10 Å². The highest BCUT2D eigenvalue weighted by Gasteiger charge is 2.15. The molecule has 1 heterocycles. The van der Waals surface area contributed by atoms with Crippen LogP contribution in [0.5, 0.6) is 5.75 Å². The molecule has 2 N–H and O–H groups in total. The summed E-state index contributed by atoms with van der Waals surface area (Å²) < 4.78 is 5.26. The Morgan fingerprint density at radius 3 is 2.44 bits per heavy atom. The summed E-state index contributed by atoms with van der Waals surface area (Å²) in [6, 6.07) is 18.7. The van der Waals surface area contributed by atoms with E-state index in [1.807, 2.05) is 0 Å². The van der Waals surface area contributed by atoms with Crippen LogP contribution >= 0.6 is 11.3 Å². The molecule has 2 aromatic carbocycles. The number of carbonyl (C=O) groups excluding carboxylic acids is 2. The zero-order valence-electron chi connectivity index (χ0n) is 14.1. The first-order chi connectivity index (χ1) is 13.1. The molecular formula is C20H16N2O4S. The molecule has 27 heavy (non-hydrogen) atoms. The van der Waals surface area contributed by atoms with Crippen molar-refractivity contribution in [2.24, 2.45) is 5.10 Å². The van der Waals surface area contributed by atoms with E-state index in [1.54, 1.807) is 72.1 Å². The summed E-state index contributed by atoms with van der Waals surface area (Å²) in [5.74, 6) is -0.624. The summed E-state index contributed by atoms with van der Waals surface area (Å²) in [4.78, 5) is 24.3. The van der Waals surface area contributed by atoms with Crippen LogP contribution in [0.2, 0.25) is 0 Å². The summed E-state index contributed by atoms with van der Waals surface area (Å²) in [6.45, 7) is 0. The first kappa shape index (κ1) is 18.5. The largest absolute Gasteiger partial charge is 0.422 e. The highest BCUT2D eigenvalue weighted by molar-refractivity contribution is 7.12. The molecule has 1 amide bonds. The lowest BCUT2D eigenvalue weighted by atomic mass is 10.1. The fraction of sp³-hybridized carbons (Fsp3) is 0.0500. The molecule has 3 rings (SSSR count). The van der Waals surface area contributed by atoms with Gasteiger partial charge in [0.1, 0.15) is 10.6 Å². The van der Waals surface area contributed by atoms with Crippen molar-refractivity contribution >= 4 is 29.4 Å². The van der Waals surface area contributed by atoms with Gasteiger partial charge in [-0.3, -0.25) is 4.79 Å². The van der Waals surface area contributed by atoms with Gasteiger partial charge >= 0.3 is 5.97 Å². The molecule has 1 aromatic heterocycles. The second-order valence-corrected chi connectivity index (χ2v) is 6.43. The molecule has 6 nitrogen and oxygen atoms in total. The summed E-state index contributed by atoms with van der Waals surface area (Å²) in [7, 11) is 0. The van der Waals surface area contributed by atoms with Crippen molar-refractivity contribution in [2.75, 3.05) is 0 Å². The minimum atomic E-state index is -1.29.